The van der Waals surface area contributed by atoms with Crippen LogP contribution in [0.15, 0.2) is 24.3 Å². The van der Waals surface area contributed by atoms with Crippen molar-refractivity contribution in [3.8, 4) is 0 Å². The minimum Gasteiger partial charge on any atom is -0.444 e. The van der Waals surface area contributed by atoms with Crippen molar-refractivity contribution in [1.29, 1.82) is 0 Å². The fraction of sp³-hybridized carbons (Fsp3) is 0.588. The van der Waals surface area contributed by atoms with E-state index < -0.39 is 11.1 Å². The number of hydrogen-bond donors (Lipinski definition) is 1. The summed E-state index contributed by atoms with van der Waals surface area (Å²) in [4.78, 5) is 13.9. The summed E-state index contributed by atoms with van der Waals surface area (Å²) in [6.07, 6.45) is -0.280. The highest BCUT2D eigenvalue weighted by Crippen LogP contribution is 2.28. The average molecular weight is 359 g/mol. The largest absolute Gasteiger partial charge is 0.444 e. The predicted octanol–water partition coefficient (Wildman–Crippen LogP) is 4.42. The van der Waals surface area contributed by atoms with Crippen molar-refractivity contribution >= 4 is 29.3 Å². The fourth-order valence-electron chi connectivity index (χ4n) is 2.62. The van der Waals surface area contributed by atoms with Gasteiger partial charge in [0, 0.05) is 29.7 Å². The van der Waals surface area contributed by atoms with Crippen molar-refractivity contribution in [2.75, 3.05) is 13.1 Å². The third-order valence-corrected chi connectivity index (χ3v) is 4.51. The number of carbonyl (C=O) groups excluding carboxylic acids is 1. The summed E-state index contributed by atoms with van der Waals surface area (Å²) < 4.78 is 5.43. The lowest BCUT2D eigenvalue weighted by Crippen LogP contribution is -2.39. The molecule has 1 amide bonds. The van der Waals surface area contributed by atoms with Gasteiger partial charge in [0.25, 0.3) is 0 Å². The molecule has 3 unspecified atom stereocenters. The summed E-state index contributed by atoms with van der Waals surface area (Å²) in [6.45, 7) is 8.92. The Hall–Kier alpha value is -0.970. The molecule has 4 nitrogen and oxygen atoms in total. The molecule has 3 atom stereocenters. The van der Waals surface area contributed by atoms with Gasteiger partial charge in [-0.15, -0.1) is 11.6 Å². The van der Waals surface area contributed by atoms with E-state index in [4.69, 9.17) is 27.9 Å². The van der Waals surface area contributed by atoms with E-state index in [1.54, 1.807) is 4.90 Å². The number of amides is 1. The molecule has 1 aliphatic heterocycles. The Morgan fingerprint density at radius 1 is 1.35 bits per heavy atom. The van der Waals surface area contributed by atoms with Crippen LogP contribution in [0, 0.1) is 5.92 Å². The van der Waals surface area contributed by atoms with Gasteiger partial charge in [-0.1, -0.05) is 36.7 Å². The number of ether oxygens (including phenoxy) is 1. The number of halogens is 2. The lowest BCUT2D eigenvalue weighted by atomic mass is 10.1. The first-order valence-corrected chi connectivity index (χ1v) is 8.61. The van der Waals surface area contributed by atoms with E-state index in [0.717, 1.165) is 5.56 Å². The Morgan fingerprint density at radius 2 is 2.00 bits per heavy atom. The number of hydrogen-bond acceptors (Lipinski definition) is 3. The zero-order valence-electron chi connectivity index (χ0n) is 14.0. The van der Waals surface area contributed by atoms with Crippen molar-refractivity contribution in [2.45, 2.75) is 44.8 Å². The smallest absolute Gasteiger partial charge is 0.410 e. The zero-order valence-corrected chi connectivity index (χ0v) is 15.5. The zero-order chi connectivity index (χ0) is 17.2. The summed E-state index contributed by atoms with van der Waals surface area (Å²) >= 11 is 12.6. The molecule has 128 valence electrons. The molecule has 0 aromatic heterocycles. The molecule has 1 heterocycles. The molecule has 1 N–H and O–H groups in total. The Balaban J connectivity index is 1.97. The maximum Gasteiger partial charge on any atom is 0.410 e. The first-order chi connectivity index (χ1) is 10.7. The lowest BCUT2D eigenvalue weighted by molar-refractivity contribution is 0.0286. The van der Waals surface area contributed by atoms with E-state index in [-0.39, 0.29) is 18.1 Å². The molecule has 0 spiro atoms. The van der Waals surface area contributed by atoms with Crippen LogP contribution in [0.4, 0.5) is 4.79 Å². The van der Waals surface area contributed by atoms with Crippen LogP contribution in [0.5, 0.6) is 0 Å². The van der Waals surface area contributed by atoms with Gasteiger partial charge in [0.2, 0.25) is 0 Å². The molecule has 1 fully saturated rings. The van der Waals surface area contributed by atoms with E-state index in [9.17, 15) is 4.79 Å². The molecule has 2 rings (SSSR count). The molecule has 1 aromatic carbocycles. The van der Waals surface area contributed by atoms with Crippen molar-refractivity contribution in [1.82, 2.24) is 10.2 Å². The molecular weight excluding hydrogens is 335 g/mol. The van der Waals surface area contributed by atoms with Gasteiger partial charge >= 0.3 is 6.09 Å². The molecule has 0 radical (unpaired) electrons. The minimum atomic E-state index is -0.488. The van der Waals surface area contributed by atoms with Crippen LogP contribution in [-0.2, 0) is 4.74 Å². The van der Waals surface area contributed by atoms with Crippen LogP contribution in [0.25, 0.3) is 0 Å². The number of benzene rings is 1. The van der Waals surface area contributed by atoms with E-state index in [1.165, 1.54) is 0 Å². The molecule has 0 saturated carbocycles. The van der Waals surface area contributed by atoms with E-state index in [0.29, 0.717) is 18.1 Å². The van der Waals surface area contributed by atoms with Crippen molar-refractivity contribution in [3.05, 3.63) is 34.9 Å². The first kappa shape index (κ1) is 18.4. The van der Waals surface area contributed by atoms with Crippen LogP contribution in [0.1, 0.15) is 38.8 Å². The molecule has 23 heavy (non-hydrogen) atoms. The Morgan fingerprint density at radius 3 is 2.61 bits per heavy atom. The van der Waals surface area contributed by atoms with Gasteiger partial charge in [-0.25, -0.2) is 4.79 Å². The van der Waals surface area contributed by atoms with Crippen molar-refractivity contribution < 1.29 is 9.53 Å². The van der Waals surface area contributed by atoms with Gasteiger partial charge < -0.3 is 9.64 Å². The second-order valence-corrected chi connectivity index (χ2v) is 7.86. The van der Waals surface area contributed by atoms with Gasteiger partial charge in [-0.3, -0.25) is 5.32 Å². The third kappa shape index (κ3) is 5.00. The van der Waals surface area contributed by atoms with Crippen LogP contribution in [0.2, 0.25) is 5.02 Å². The van der Waals surface area contributed by atoms with Crippen molar-refractivity contribution in [3.63, 3.8) is 0 Å². The predicted molar refractivity (Wildman–Crippen MR) is 93.9 cm³/mol. The summed E-state index contributed by atoms with van der Waals surface area (Å²) in [5.41, 5.74) is -0.0354. The van der Waals surface area contributed by atoms with Gasteiger partial charge in [0.05, 0.1) is 0 Å². The van der Waals surface area contributed by atoms with E-state index >= 15 is 0 Å². The number of nitrogens with one attached hydrogen (secondary N) is 1. The lowest BCUT2D eigenvalue weighted by Gasteiger charge is -2.25. The highest BCUT2D eigenvalue weighted by Gasteiger charge is 2.35. The highest BCUT2D eigenvalue weighted by atomic mass is 35.5. The van der Waals surface area contributed by atoms with Crippen LogP contribution >= 0.6 is 23.2 Å². The molecule has 0 bridgehead atoms. The van der Waals surface area contributed by atoms with Crippen LogP contribution in [-0.4, -0.2) is 35.7 Å². The quantitative estimate of drug-likeness (QED) is 0.642. The number of nitrogens with zero attached hydrogens (tertiary/aromatic N) is 1. The topological polar surface area (TPSA) is 41.6 Å². The summed E-state index contributed by atoms with van der Waals surface area (Å²) in [5, 5.41) is 4.00. The number of likely N-dealkylation sites (tertiary alicyclic amines) is 1. The molecule has 1 aromatic rings. The summed E-state index contributed by atoms with van der Waals surface area (Å²) in [6, 6.07) is 7.60. The van der Waals surface area contributed by atoms with Crippen molar-refractivity contribution in [2.24, 2.45) is 5.92 Å². The van der Waals surface area contributed by atoms with Gasteiger partial charge in [0.1, 0.15) is 11.1 Å². The maximum atomic E-state index is 12.2. The molecule has 1 saturated heterocycles. The summed E-state index contributed by atoms with van der Waals surface area (Å²) in [7, 11) is 0. The Labute approximate surface area is 148 Å². The second-order valence-electron chi connectivity index (χ2n) is 7.02. The van der Waals surface area contributed by atoms with Gasteiger partial charge in [-0.2, -0.15) is 0 Å². The maximum absolute atomic E-state index is 12.2. The first-order valence-electron chi connectivity index (χ1n) is 7.80. The van der Waals surface area contributed by atoms with Gasteiger partial charge in [0.15, 0.2) is 0 Å². The Bertz CT molecular complexity index is 560. The van der Waals surface area contributed by atoms with Crippen LogP contribution in [0.3, 0.4) is 0 Å². The highest BCUT2D eigenvalue weighted by molar-refractivity contribution is 6.32. The second kappa shape index (κ2) is 7.29. The molecule has 1 aliphatic rings. The Kier molecular flexibility index (Phi) is 5.82. The molecular formula is C17H24Cl2N2O2. The molecule has 0 aliphatic carbocycles. The SMILES string of the molecule is CC1CN(C(=O)OC(C)(C)C)CC1NC(Cl)c1ccccc1Cl. The summed E-state index contributed by atoms with van der Waals surface area (Å²) in [5.74, 6) is 0.284. The fourth-order valence-corrected chi connectivity index (χ4v) is 3.27. The van der Waals surface area contributed by atoms with Gasteiger partial charge in [-0.05, 0) is 32.8 Å². The number of alkyl halides is 1. The number of carbonyl (C=O) groups is 1. The van der Waals surface area contributed by atoms with E-state index in [1.807, 2.05) is 45.0 Å². The minimum absolute atomic E-state index is 0.0984. The average Bonchev–Trinajstić information content (AvgIpc) is 2.79. The number of rotatable bonds is 3. The van der Waals surface area contributed by atoms with Crippen LogP contribution < -0.4 is 5.32 Å². The molecule has 6 heteroatoms. The van der Waals surface area contributed by atoms with E-state index in [2.05, 4.69) is 12.2 Å². The normalized spacial score (nSPS) is 23.0. The standard InChI is InChI=1S/C17H24Cl2N2O2/c1-11-9-21(16(22)23-17(2,3)4)10-14(11)20-15(19)12-7-5-6-8-13(12)18/h5-8,11,14-15,20H,9-10H2,1-4H3. The monoisotopic (exact) mass is 358 g/mol. The third-order valence-electron chi connectivity index (χ3n) is 3.80.